The molecule has 0 atom stereocenters. The molecule has 0 saturated carbocycles. The molecule has 1 rings (SSSR count). The molecule has 1 heterocycles. The zero-order valence-electron chi connectivity index (χ0n) is 8.93. The summed E-state index contributed by atoms with van der Waals surface area (Å²) in [5.74, 6) is -0.705. The fourth-order valence-electron chi connectivity index (χ4n) is 1.23. The molecule has 1 aromatic heterocycles. The zero-order valence-corrected chi connectivity index (χ0v) is 8.93. The summed E-state index contributed by atoms with van der Waals surface area (Å²) in [7, 11) is 0. The van der Waals surface area contributed by atoms with Crippen LogP contribution in [0, 0.1) is 13.8 Å². The van der Waals surface area contributed by atoms with Crippen molar-refractivity contribution < 1.29 is 18.0 Å². The molecule has 0 radical (unpaired) electrons. The molecule has 0 aliphatic heterocycles. The van der Waals surface area contributed by atoms with Gasteiger partial charge < -0.3 is 5.32 Å². The smallest absolute Gasteiger partial charge is 0.345 e. The van der Waals surface area contributed by atoms with E-state index in [1.165, 1.54) is 4.68 Å². The standard InChI is InChI=1S/C9H12F3N3O/c1-6-3-7(2)15(14-6)4-8(16)13-5-9(10,11)12/h3H,4-5H2,1-2H3,(H,13,16). The Balaban J connectivity index is 2.49. The highest BCUT2D eigenvalue weighted by atomic mass is 19.4. The Morgan fingerprint density at radius 3 is 2.56 bits per heavy atom. The minimum atomic E-state index is -4.38. The number of rotatable bonds is 3. The fraction of sp³-hybridized carbons (Fsp3) is 0.556. The monoisotopic (exact) mass is 235 g/mol. The molecule has 0 aliphatic carbocycles. The highest BCUT2D eigenvalue weighted by Gasteiger charge is 2.27. The highest BCUT2D eigenvalue weighted by Crippen LogP contribution is 2.12. The van der Waals surface area contributed by atoms with Gasteiger partial charge in [0.25, 0.3) is 0 Å². The van der Waals surface area contributed by atoms with Crippen molar-refractivity contribution in [1.82, 2.24) is 15.1 Å². The van der Waals surface area contributed by atoms with Gasteiger partial charge in [-0.1, -0.05) is 0 Å². The maximum absolute atomic E-state index is 11.8. The lowest BCUT2D eigenvalue weighted by Gasteiger charge is -2.08. The lowest BCUT2D eigenvalue weighted by atomic mass is 10.4. The zero-order chi connectivity index (χ0) is 12.3. The largest absolute Gasteiger partial charge is 0.405 e. The van der Waals surface area contributed by atoms with Crippen LogP contribution in [0.1, 0.15) is 11.4 Å². The lowest BCUT2D eigenvalue weighted by Crippen LogP contribution is -2.36. The van der Waals surface area contributed by atoms with Crippen molar-refractivity contribution in [2.24, 2.45) is 0 Å². The van der Waals surface area contributed by atoms with Gasteiger partial charge >= 0.3 is 6.18 Å². The number of amides is 1. The Bertz CT molecular complexity index is 384. The maximum atomic E-state index is 11.8. The van der Waals surface area contributed by atoms with Crippen LogP contribution in [0.4, 0.5) is 13.2 Å². The normalized spacial score (nSPS) is 11.6. The molecule has 0 fully saturated rings. The second-order valence-electron chi connectivity index (χ2n) is 3.48. The molecular weight excluding hydrogens is 223 g/mol. The van der Waals surface area contributed by atoms with Gasteiger partial charge in [0.1, 0.15) is 13.1 Å². The maximum Gasteiger partial charge on any atom is 0.405 e. The average molecular weight is 235 g/mol. The Kier molecular flexibility index (Phi) is 3.56. The van der Waals surface area contributed by atoms with Crippen LogP contribution in [-0.2, 0) is 11.3 Å². The van der Waals surface area contributed by atoms with Crippen LogP contribution in [0.15, 0.2) is 6.07 Å². The van der Waals surface area contributed by atoms with E-state index in [4.69, 9.17) is 0 Å². The molecule has 90 valence electrons. The number of alkyl halides is 3. The van der Waals surface area contributed by atoms with E-state index in [0.717, 1.165) is 11.4 Å². The van der Waals surface area contributed by atoms with E-state index in [1.54, 1.807) is 25.2 Å². The van der Waals surface area contributed by atoms with Crippen molar-refractivity contribution in [3.63, 3.8) is 0 Å². The van der Waals surface area contributed by atoms with Crippen LogP contribution in [0.25, 0.3) is 0 Å². The molecule has 0 aromatic carbocycles. The summed E-state index contributed by atoms with van der Waals surface area (Å²) in [5, 5.41) is 5.75. The number of hydrogen-bond acceptors (Lipinski definition) is 2. The van der Waals surface area contributed by atoms with E-state index >= 15 is 0 Å². The van der Waals surface area contributed by atoms with Crippen molar-refractivity contribution in [2.75, 3.05) is 6.54 Å². The van der Waals surface area contributed by atoms with Gasteiger partial charge in [-0.3, -0.25) is 9.48 Å². The van der Waals surface area contributed by atoms with E-state index in [9.17, 15) is 18.0 Å². The number of nitrogens with one attached hydrogen (secondary N) is 1. The Labute approximate surface area is 90.4 Å². The lowest BCUT2D eigenvalue weighted by molar-refractivity contribution is -0.138. The van der Waals surface area contributed by atoms with E-state index < -0.39 is 18.6 Å². The third-order valence-electron chi connectivity index (χ3n) is 1.88. The molecule has 0 bridgehead atoms. The minimum Gasteiger partial charge on any atom is -0.345 e. The summed E-state index contributed by atoms with van der Waals surface area (Å²) in [4.78, 5) is 11.1. The van der Waals surface area contributed by atoms with Gasteiger partial charge in [-0.15, -0.1) is 0 Å². The van der Waals surface area contributed by atoms with Crippen molar-refractivity contribution in [2.45, 2.75) is 26.6 Å². The highest BCUT2D eigenvalue weighted by molar-refractivity contribution is 5.75. The first-order valence-corrected chi connectivity index (χ1v) is 4.62. The molecule has 16 heavy (non-hydrogen) atoms. The number of aromatic nitrogens is 2. The SMILES string of the molecule is Cc1cc(C)n(CC(=O)NCC(F)(F)F)n1. The molecule has 1 N–H and O–H groups in total. The summed E-state index contributed by atoms with van der Waals surface area (Å²) in [5.41, 5.74) is 1.46. The number of hydrogen-bond donors (Lipinski definition) is 1. The van der Waals surface area contributed by atoms with Crippen LogP contribution in [0.3, 0.4) is 0 Å². The molecule has 0 saturated heterocycles. The van der Waals surface area contributed by atoms with Crippen LogP contribution in [0.2, 0.25) is 0 Å². The van der Waals surface area contributed by atoms with Gasteiger partial charge in [0.2, 0.25) is 5.91 Å². The topological polar surface area (TPSA) is 46.9 Å². The Hall–Kier alpha value is -1.53. The van der Waals surface area contributed by atoms with Crippen LogP contribution in [-0.4, -0.2) is 28.4 Å². The van der Waals surface area contributed by atoms with Crippen molar-refractivity contribution in [3.05, 3.63) is 17.5 Å². The van der Waals surface area contributed by atoms with E-state index in [-0.39, 0.29) is 6.54 Å². The van der Waals surface area contributed by atoms with E-state index in [2.05, 4.69) is 5.10 Å². The number of nitrogens with zero attached hydrogens (tertiary/aromatic N) is 2. The first-order valence-electron chi connectivity index (χ1n) is 4.62. The first-order chi connectivity index (χ1) is 7.28. The van der Waals surface area contributed by atoms with Gasteiger partial charge in [-0.05, 0) is 19.9 Å². The van der Waals surface area contributed by atoms with E-state index in [0.29, 0.717) is 0 Å². The molecule has 0 aliphatic rings. The Morgan fingerprint density at radius 2 is 2.12 bits per heavy atom. The number of aryl methyl sites for hydroxylation is 2. The Morgan fingerprint density at radius 1 is 1.50 bits per heavy atom. The summed E-state index contributed by atoms with van der Waals surface area (Å²) < 4.78 is 36.8. The molecule has 1 amide bonds. The molecule has 4 nitrogen and oxygen atoms in total. The minimum absolute atomic E-state index is 0.199. The number of carbonyl (C=O) groups excluding carboxylic acids is 1. The van der Waals surface area contributed by atoms with Gasteiger partial charge in [-0.25, -0.2) is 0 Å². The molecule has 0 spiro atoms. The third-order valence-corrected chi connectivity index (χ3v) is 1.88. The summed E-state index contributed by atoms with van der Waals surface area (Å²) >= 11 is 0. The van der Waals surface area contributed by atoms with Crippen LogP contribution in [0.5, 0.6) is 0 Å². The predicted octanol–water partition coefficient (Wildman–Crippen LogP) is 1.18. The molecular formula is C9H12F3N3O. The summed E-state index contributed by atoms with van der Waals surface area (Å²) in [6.07, 6.45) is -4.38. The summed E-state index contributed by atoms with van der Waals surface area (Å²) in [6, 6.07) is 1.75. The van der Waals surface area contributed by atoms with Gasteiger partial charge in [-0.2, -0.15) is 18.3 Å². The van der Waals surface area contributed by atoms with Crippen LogP contribution < -0.4 is 5.32 Å². The van der Waals surface area contributed by atoms with Gasteiger partial charge in [0.05, 0.1) is 5.69 Å². The number of halogens is 3. The van der Waals surface area contributed by atoms with Crippen LogP contribution >= 0.6 is 0 Å². The third kappa shape index (κ3) is 3.92. The second-order valence-corrected chi connectivity index (χ2v) is 3.48. The van der Waals surface area contributed by atoms with Crippen molar-refractivity contribution in [1.29, 1.82) is 0 Å². The average Bonchev–Trinajstić information content (AvgIpc) is 2.41. The van der Waals surface area contributed by atoms with Crippen molar-refractivity contribution >= 4 is 5.91 Å². The number of carbonyl (C=O) groups is 1. The van der Waals surface area contributed by atoms with Gasteiger partial charge in [0.15, 0.2) is 0 Å². The molecule has 7 heteroatoms. The quantitative estimate of drug-likeness (QED) is 0.855. The molecule has 0 unspecified atom stereocenters. The fourth-order valence-corrected chi connectivity index (χ4v) is 1.23. The summed E-state index contributed by atoms with van der Waals surface area (Å²) in [6.45, 7) is 1.97. The first kappa shape index (κ1) is 12.5. The van der Waals surface area contributed by atoms with E-state index in [1.807, 2.05) is 0 Å². The van der Waals surface area contributed by atoms with Gasteiger partial charge in [0, 0.05) is 5.69 Å². The van der Waals surface area contributed by atoms with Crippen molar-refractivity contribution in [3.8, 4) is 0 Å². The molecule has 1 aromatic rings. The second kappa shape index (κ2) is 4.54. The predicted molar refractivity (Wildman–Crippen MR) is 50.8 cm³/mol.